The Kier molecular flexibility index (Phi) is 4.54. The van der Waals surface area contributed by atoms with Gasteiger partial charge in [0, 0.05) is 12.1 Å². The SMILES string of the molecule is C[C@@H]1OC(=O)c2c(O)cc(O)cc2/C=C/[C@H](O)[C@]2(O)[C@H](O)C(=O)C=C(F)[C@@H]12. The Bertz CT molecular complexity index is 876. The summed E-state index contributed by atoms with van der Waals surface area (Å²) in [5.41, 5.74) is -3.11. The fourth-order valence-corrected chi connectivity index (χ4v) is 3.50. The average molecular weight is 380 g/mol. The third-order valence-corrected chi connectivity index (χ3v) is 4.81. The van der Waals surface area contributed by atoms with Crippen LogP contribution in [0.5, 0.6) is 11.5 Å². The maximum atomic E-state index is 14.5. The van der Waals surface area contributed by atoms with Crippen LogP contribution >= 0.6 is 0 Å². The number of phenols is 2. The predicted octanol–water partition coefficient (Wildman–Crippen LogP) is 0.175. The van der Waals surface area contributed by atoms with Crippen LogP contribution in [0, 0.1) is 5.92 Å². The lowest BCUT2D eigenvalue weighted by molar-refractivity contribution is -0.186. The molecule has 0 aromatic heterocycles. The lowest BCUT2D eigenvalue weighted by Crippen LogP contribution is -2.64. The molecule has 0 saturated heterocycles. The van der Waals surface area contributed by atoms with Crippen molar-refractivity contribution in [3.63, 3.8) is 0 Å². The van der Waals surface area contributed by atoms with Crippen LogP contribution in [0.2, 0.25) is 0 Å². The zero-order chi connectivity index (χ0) is 20.1. The molecular formula is C18H17FO8. The summed E-state index contributed by atoms with van der Waals surface area (Å²) >= 11 is 0. The molecule has 8 nitrogen and oxygen atoms in total. The van der Waals surface area contributed by atoms with Gasteiger partial charge in [-0.2, -0.15) is 0 Å². The fraction of sp³-hybridized carbons (Fsp3) is 0.333. The highest BCUT2D eigenvalue weighted by Crippen LogP contribution is 2.42. The van der Waals surface area contributed by atoms with E-state index in [0.29, 0.717) is 6.08 Å². The molecule has 5 atom stereocenters. The zero-order valence-electron chi connectivity index (χ0n) is 14.0. The van der Waals surface area contributed by atoms with Crippen molar-refractivity contribution in [1.82, 2.24) is 0 Å². The molecule has 0 spiro atoms. The van der Waals surface area contributed by atoms with Crippen molar-refractivity contribution in [2.24, 2.45) is 5.92 Å². The van der Waals surface area contributed by atoms with E-state index in [1.54, 1.807) is 0 Å². The largest absolute Gasteiger partial charge is 0.508 e. The first-order valence-electron chi connectivity index (χ1n) is 8.02. The smallest absolute Gasteiger partial charge is 0.342 e. The number of hydrogen-bond donors (Lipinski definition) is 5. The molecular weight excluding hydrogens is 363 g/mol. The summed E-state index contributed by atoms with van der Waals surface area (Å²) in [7, 11) is 0. The van der Waals surface area contributed by atoms with Gasteiger partial charge < -0.3 is 30.3 Å². The number of esters is 1. The molecule has 0 bridgehead atoms. The molecule has 1 aliphatic heterocycles. The maximum absolute atomic E-state index is 14.5. The summed E-state index contributed by atoms with van der Waals surface area (Å²) in [6.45, 7) is 1.21. The molecule has 1 aromatic carbocycles. The molecule has 144 valence electrons. The number of aromatic hydroxyl groups is 2. The molecule has 27 heavy (non-hydrogen) atoms. The number of hydrogen-bond acceptors (Lipinski definition) is 8. The van der Waals surface area contributed by atoms with Gasteiger partial charge >= 0.3 is 5.97 Å². The second-order valence-corrected chi connectivity index (χ2v) is 6.54. The summed E-state index contributed by atoms with van der Waals surface area (Å²) in [6.07, 6.45) is -3.08. The Labute approximate surface area is 152 Å². The monoisotopic (exact) mass is 380 g/mol. The van der Waals surface area contributed by atoms with Gasteiger partial charge in [-0.3, -0.25) is 4.79 Å². The number of ketones is 1. The summed E-state index contributed by atoms with van der Waals surface area (Å²) < 4.78 is 19.6. The topological polar surface area (TPSA) is 145 Å². The average Bonchev–Trinajstić information content (AvgIpc) is 2.56. The number of ether oxygens (including phenoxy) is 1. The highest BCUT2D eigenvalue weighted by molar-refractivity contribution is 5.98. The Balaban J connectivity index is 2.22. The van der Waals surface area contributed by atoms with Crippen molar-refractivity contribution in [1.29, 1.82) is 0 Å². The molecule has 5 N–H and O–H groups in total. The summed E-state index contributed by atoms with van der Waals surface area (Å²) in [5, 5.41) is 51.0. The molecule has 1 aromatic rings. The molecule has 2 aliphatic rings. The van der Waals surface area contributed by atoms with Gasteiger partial charge in [-0.25, -0.2) is 9.18 Å². The summed E-state index contributed by atoms with van der Waals surface area (Å²) in [5.74, 6) is -6.14. The second-order valence-electron chi connectivity index (χ2n) is 6.54. The quantitative estimate of drug-likeness (QED) is 0.401. The Morgan fingerprint density at radius 2 is 1.85 bits per heavy atom. The number of halogens is 1. The molecule has 0 saturated carbocycles. The molecule has 0 fully saturated rings. The third-order valence-electron chi connectivity index (χ3n) is 4.81. The van der Waals surface area contributed by atoms with Crippen molar-refractivity contribution >= 4 is 17.8 Å². The van der Waals surface area contributed by atoms with Crippen molar-refractivity contribution in [3.8, 4) is 11.5 Å². The number of fused-ring (bicyclic) bond motifs is 2. The molecule has 0 unspecified atom stereocenters. The van der Waals surface area contributed by atoms with Crippen LogP contribution in [0.25, 0.3) is 6.08 Å². The van der Waals surface area contributed by atoms with Gasteiger partial charge in [0.2, 0.25) is 0 Å². The minimum Gasteiger partial charge on any atom is -0.508 e. The number of rotatable bonds is 0. The van der Waals surface area contributed by atoms with E-state index in [0.717, 1.165) is 24.3 Å². The number of benzene rings is 1. The highest BCUT2D eigenvalue weighted by Gasteiger charge is 2.58. The Hall–Kier alpha value is -2.75. The molecule has 9 heteroatoms. The van der Waals surface area contributed by atoms with Crippen molar-refractivity contribution in [3.05, 3.63) is 41.2 Å². The zero-order valence-corrected chi connectivity index (χ0v) is 14.0. The summed E-state index contributed by atoms with van der Waals surface area (Å²) in [4.78, 5) is 24.3. The number of carbonyl (C=O) groups excluding carboxylic acids is 2. The van der Waals surface area contributed by atoms with Gasteiger partial charge in [0.05, 0.1) is 5.92 Å². The first-order chi connectivity index (χ1) is 12.6. The number of cyclic esters (lactones) is 1. The van der Waals surface area contributed by atoms with E-state index in [1.807, 2.05) is 0 Å². The lowest BCUT2D eigenvalue weighted by atomic mass is 9.70. The van der Waals surface area contributed by atoms with Crippen LogP contribution in [0.15, 0.2) is 30.1 Å². The van der Waals surface area contributed by atoms with Crippen LogP contribution < -0.4 is 0 Å². The van der Waals surface area contributed by atoms with Gasteiger partial charge in [0.1, 0.15) is 46.8 Å². The van der Waals surface area contributed by atoms with Crippen molar-refractivity contribution < 1.29 is 44.2 Å². The maximum Gasteiger partial charge on any atom is 0.342 e. The Morgan fingerprint density at radius 1 is 1.19 bits per heavy atom. The van der Waals surface area contributed by atoms with E-state index in [-0.39, 0.29) is 16.9 Å². The van der Waals surface area contributed by atoms with E-state index in [1.165, 1.54) is 6.92 Å². The van der Waals surface area contributed by atoms with Crippen LogP contribution in [0.1, 0.15) is 22.8 Å². The van der Waals surface area contributed by atoms with Gasteiger partial charge in [-0.1, -0.05) is 12.2 Å². The fourth-order valence-electron chi connectivity index (χ4n) is 3.50. The number of aliphatic hydroxyl groups excluding tert-OH is 2. The third kappa shape index (κ3) is 2.89. The van der Waals surface area contributed by atoms with Crippen LogP contribution in [0.3, 0.4) is 0 Å². The molecule has 1 heterocycles. The minimum atomic E-state index is -2.71. The molecule has 1 aliphatic carbocycles. The van der Waals surface area contributed by atoms with Crippen LogP contribution in [-0.4, -0.2) is 61.2 Å². The number of phenolic OH excluding ortho intramolecular Hbond substituents is 2. The standard InChI is InChI=1S/C18H17FO8/c1-7-15-10(19)6-12(22)16(24)18(15,26)13(23)3-2-8-4-9(20)5-11(21)14(8)17(25)27-7/h2-7,13,15-16,20-21,23-24,26H,1H3/b3-2+/t7-,13-,15+,16+,18+/m0/s1. The van der Waals surface area contributed by atoms with E-state index in [2.05, 4.69) is 0 Å². The van der Waals surface area contributed by atoms with Gasteiger partial charge in [-0.15, -0.1) is 0 Å². The first kappa shape index (κ1) is 19.0. The first-order valence-corrected chi connectivity index (χ1v) is 8.02. The molecule has 0 radical (unpaired) electrons. The van der Waals surface area contributed by atoms with Crippen LogP contribution in [0.4, 0.5) is 4.39 Å². The van der Waals surface area contributed by atoms with E-state index >= 15 is 0 Å². The summed E-state index contributed by atoms with van der Waals surface area (Å²) in [6, 6.07) is 2.00. The molecule has 3 rings (SSSR count). The van der Waals surface area contributed by atoms with Gasteiger partial charge in [0.15, 0.2) is 5.78 Å². The second kappa shape index (κ2) is 6.45. The normalized spacial score (nSPS) is 34.8. The number of aliphatic hydroxyl groups is 3. The van der Waals surface area contributed by atoms with Gasteiger partial charge in [0.25, 0.3) is 0 Å². The van der Waals surface area contributed by atoms with Crippen LogP contribution in [-0.2, 0) is 9.53 Å². The predicted molar refractivity (Wildman–Crippen MR) is 88.3 cm³/mol. The van der Waals surface area contributed by atoms with Crippen molar-refractivity contribution in [2.75, 3.05) is 0 Å². The van der Waals surface area contributed by atoms with E-state index < -0.39 is 53.2 Å². The number of carbonyl (C=O) groups is 2. The van der Waals surface area contributed by atoms with Gasteiger partial charge in [-0.05, 0) is 18.6 Å². The molecule has 0 amide bonds. The lowest BCUT2D eigenvalue weighted by Gasteiger charge is -2.44. The highest BCUT2D eigenvalue weighted by atomic mass is 19.1. The van der Waals surface area contributed by atoms with Crippen molar-refractivity contribution in [2.45, 2.75) is 30.8 Å². The minimum absolute atomic E-state index is 0.0570. The Morgan fingerprint density at radius 3 is 2.52 bits per heavy atom. The van der Waals surface area contributed by atoms with E-state index in [4.69, 9.17) is 4.74 Å². The van der Waals surface area contributed by atoms with E-state index in [9.17, 15) is 39.5 Å².